The van der Waals surface area contributed by atoms with Gasteiger partial charge in [0.25, 0.3) is 11.7 Å². The van der Waals surface area contributed by atoms with E-state index in [2.05, 4.69) is 31.9 Å². The number of para-hydroxylation sites is 1. The zero-order valence-electron chi connectivity index (χ0n) is 10.3. The van der Waals surface area contributed by atoms with Crippen LogP contribution in [0.3, 0.4) is 0 Å². The van der Waals surface area contributed by atoms with Crippen LogP contribution in [0.15, 0.2) is 51.4 Å². The molecule has 0 aromatic heterocycles. The van der Waals surface area contributed by atoms with Crippen molar-refractivity contribution in [2.75, 3.05) is 4.90 Å². The lowest BCUT2D eigenvalue weighted by Crippen LogP contribution is -2.29. The summed E-state index contributed by atoms with van der Waals surface area (Å²) in [6.07, 6.45) is 0. The number of hydrogen-bond acceptors (Lipinski definition) is 2. The zero-order chi connectivity index (χ0) is 14.3. The summed E-state index contributed by atoms with van der Waals surface area (Å²) in [6, 6.07) is 13.0. The summed E-state index contributed by atoms with van der Waals surface area (Å²) < 4.78 is 1.73. The van der Waals surface area contributed by atoms with E-state index in [1.807, 2.05) is 30.3 Å². The van der Waals surface area contributed by atoms with Crippen LogP contribution in [0.25, 0.3) is 0 Å². The lowest BCUT2D eigenvalue weighted by Gasteiger charge is -2.17. The molecule has 100 valence electrons. The van der Waals surface area contributed by atoms with Crippen molar-refractivity contribution in [3.8, 4) is 0 Å². The summed E-state index contributed by atoms with van der Waals surface area (Å²) in [5.74, 6) is -0.923. The maximum atomic E-state index is 12.1. The highest BCUT2D eigenvalue weighted by atomic mass is 79.9. The smallest absolute Gasteiger partial charge is 0.299 e. The van der Waals surface area contributed by atoms with Crippen molar-refractivity contribution in [3.63, 3.8) is 0 Å². The molecule has 3 rings (SSSR count). The maximum absolute atomic E-state index is 12.1. The molecular formula is C15H9Br2NO2. The van der Waals surface area contributed by atoms with Crippen molar-refractivity contribution < 1.29 is 9.59 Å². The van der Waals surface area contributed by atoms with Crippen molar-refractivity contribution in [2.45, 2.75) is 6.54 Å². The van der Waals surface area contributed by atoms with Gasteiger partial charge in [0.2, 0.25) is 0 Å². The fraction of sp³-hybridized carbons (Fsp3) is 0.0667. The largest absolute Gasteiger partial charge is 0.299 e. The number of ketones is 1. The van der Waals surface area contributed by atoms with Crippen molar-refractivity contribution in [1.82, 2.24) is 0 Å². The monoisotopic (exact) mass is 393 g/mol. The SMILES string of the molecule is O=C1C(=O)N(Cc2ccc(Br)cc2)c2c(Br)cccc21. The van der Waals surface area contributed by atoms with E-state index >= 15 is 0 Å². The van der Waals surface area contributed by atoms with Gasteiger partial charge in [-0.05, 0) is 45.8 Å². The number of halogens is 2. The zero-order valence-corrected chi connectivity index (χ0v) is 13.4. The molecule has 20 heavy (non-hydrogen) atoms. The summed E-state index contributed by atoms with van der Waals surface area (Å²) in [6.45, 7) is 0.382. The number of carbonyl (C=O) groups is 2. The summed E-state index contributed by atoms with van der Waals surface area (Å²) in [5, 5.41) is 0. The quantitative estimate of drug-likeness (QED) is 0.723. The first kappa shape index (κ1) is 13.5. The van der Waals surface area contributed by atoms with Gasteiger partial charge in [0.15, 0.2) is 0 Å². The molecule has 1 aliphatic rings. The van der Waals surface area contributed by atoms with Gasteiger partial charge in [-0.3, -0.25) is 14.5 Å². The molecule has 0 N–H and O–H groups in total. The van der Waals surface area contributed by atoms with E-state index < -0.39 is 11.7 Å². The third kappa shape index (κ3) is 2.21. The molecule has 0 aliphatic carbocycles. The molecule has 2 aromatic rings. The average molecular weight is 395 g/mol. The second-order valence-electron chi connectivity index (χ2n) is 4.48. The van der Waals surface area contributed by atoms with E-state index in [1.54, 1.807) is 12.1 Å². The van der Waals surface area contributed by atoms with Gasteiger partial charge < -0.3 is 0 Å². The minimum absolute atomic E-state index is 0.382. The second kappa shape index (κ2) is 5.14. The number of carbonyl (C=O) groups excluding carboxylic acids is 2. The molecule has 0 atom stereocenters. The molecule has 0 unspecified atom stereocenters. The highest BCUT2D eigenvalue weighted by molar-refractivity contribution is 9.10. The molecular weight excluding hydrogens is 386 g/mol. The molecule has 0 bridgehead atoms. The first-order chi connectivity index (χ1) is 9.58. The van der Waals surface area contributed by atoms with E-state index in [1.165, 1.54) is 4.90 Å². The number of nitrogens with zero attached hydrogens (tertiary/aromatic N) is 1. The number of benzene rings is 2. The molecule has 0 saturated heterocycles. The van der Waals surface area contributed by atoms with Gasteiger partial charge in [-0.15, -0.1) is 0 Å². The molecule has 0 spiro atoms. The van der Waals surface area contributed by atoms with Gasteiger partial charge in [-0.2, -0.15) is 0 Å². The molecule has 0 radical (unpaired) electrons. The summed E-state index contributed by atoms with van der Waals surface area (Å²) in [5.41, 5.74) is 2.09. The predicted molar refractivity (Wildman–Crippen MR) is 83.8 cm³/mol. The number of anilines is 1. The Morgan fingerprint density at radius 1 is 0.950 bits per heavy atom. The van der Waals surface area contributed by atoms with Crippen LogP contribution in [0.4, 0.5) is 5.69 Å². The minimum Gasteiger partial charge on any atom is -0.299 e. The molecule has 0 fully saturated rings. The van der Waals surface area contributed by atoms with E-state index in [-0.39, 0.29) is 0 Å². The number of amides is 1. The van der Waals surface area contributed by atoms with Crippen LogP contribution in [0.1, 0.15) is 15.9 Å². The Morgan fingerprint density at radius 2 is 1.65 bits per heavy atom. The van der Waals surface area contributed by atoms with Crippen LogP contribution in [-0.4, -0.2) is 11.7 Å². The van der Waals surface area contributed by atoms with Gasteiger partial charge in [0, 0.05) is 8.95 Å². The van der Waals surface area contributed by atoms with E-state index in [0.717, 1.165) is 14.5 Å². The molecule has 1 heterocycles. The van der Waals surface area contributed by atoms with Gasteiger partial charge in [-0.25, -0.2) is 0 Å². The first-order valence-corrected chi connectivity index (χ1v) is 7.55. The second-order valence-corrected chi connectivity index (χ2v) is 6.25. The Balaban J connectivity index is 2.01. The van der Waals surface area contributed by atoms with Gasteiger partial charge in [0.1, 0.15) is 0 Å². The Bertz CT molecular complexity index is 710. The van der Waals surface area contributed by atoms with Gasteiger partial charge >= 0.3 is 0 Å². The van der Waals surface area contributed by atoms with Crippen molar-refractivity contribution in [2.24, 2.45) is 0 Å². The van der Waals surface area contributed by atoms with Crippen LogP contribution in [0, 0.1) is 0 Å². The van der Waals surface area contributed by atoms with Crippen LogP contribution in [0.5, 0.6) is 0 Å². The highest BCUT2D eigenvalue weighted by Gasteiger charge is 2.36. The summed E-state index contributed by atoms with van der Waals surface area (Å²) in [7, 11) is 0. The Labute approximate surface area is 132 Å². The normalized spacial score (nSPS) is 13.8. The van der Waals surface area contributed by atoms with E-state index in [0.29, 0.717) is 17.8 Å². The molecule has 1 amide bonds. The number of hydrogen-bond donors (Lipinski definition) is 0. The lowest BCUT2D eigenvalue weighted by atomic mass is 10.1. The third-order valence-corrected chi connectivity index (χ3v) is 4.36. The fourth-order valence-corrected chi connectivity index (χ4v) is 3.08. The Kier molecular flexibility index (Phi) is 3.48. The molecule has 1 aliphatic heterocycles. The van der Waals surface area contributed by atoms with E-state index in [9.17, 15) is 9.59 Å². The van der Waals surface area contributed by atoms with Crippen LogP contribution >= 0.6 is 31.9 Å². The molecule has 5 heteroatoms. The number of fused-ring (bicyclic) bond motifs is 1. The van der Waals surface area contributed by atoms with Gasteiger partial charge in [0.05, 0.1) is 17.8 Å². The molecule has 3 nitrogen and oxygen atoms in total. The summed E-state index contributed by atoms with van der Waals surface area (Å²) >= 11 is 6.79. The standard InChI is InChI=1S/C15H9Br2NO2/c16-10-6-4-9(5-7-10)8-18-13-11(14(19)15(18)20)2-1-3-12(13)17/h1-7H,8H2. The van der Waals surface area contributed by atoms with Crippen molar-refractivity contribution >= 4 is 49.2 Å². The van der Waals surface area contributed by atoms with Crippen LogP contribution in [-0.2, 0) is 11.3 Å². The molecule has 2 aromatic carbocycles. The Morgan fingerprint density at radius 3 is 2.35 bits per heavy atom. The number of Topliss-reactive ketones (excluding diaryl/α,β-unsaturated/α-hetero) is 1. The summed E-state index contributed by atoms with van der Waals surface area (Å²) in [4.78, 5) is 25.6. The minimum atomic E-state index is -0.477. The predicted octanol–water partition coefficient (Wildman–Crippen LogP) is 3.94. The van der Waals surface area contributed by atoms with Crippen molar-refractivity contribution in [3.05, 3.63) is 62.5 Å². The number of rotatable bonds is 2. The Hall–Kier alpha value is -1.46. The van der Waals surface area contributed by atoms with E-state index in [4.69, 9.17) is 0 Å². The van der Waals surface area contributed by atoms with Crippen molar-refractivity contribution in [1.29, 1.82) is 0 Å². The topological polar surface area (TPSA) is 37.4 Å². The van der Waals surface area contributed by atoms with Crippen LogP contribution < -0.4 is 4.90 Å². The third-order valence-electron chi connectivity index (χ3n) is 3.19. The maximum Gasteiger partial charge on any atom is 0.299 e. The van der Waals surface area contributed by atoms with Gasteiger partial charge in [-0.1, -0.05) is 34.1 Å². The van der Waals surface area contributed by atoms with Crippen LogP contribution in [0.2, 0.25) is 0 Å². The highest BCUT2D eigenvalue weighted by Crippen LogP contribution is 2.36. The first-order valence-electron chi connectivity index (χ1n) is 5.97. The molecule has 0 saturated carbocycles. The fourth-order valence-electron chi connectivity index (χ4n) is 2.24. The lowest BCUT2D eigenvalue weighted by molar-refractivity contribution is -0.114. The average Bonchev–Trinajstić information content (AvgIpc) is 2.68.